The molecule has 0 fully saturated rings. The van der Waals surface area contributed by atoms with Crippen LogP contribution >= 0.6 is 22.6 Å². The Morgan fingerprint density at radius 3 is 2.76 bits per heavy atom. The van der Waals surface area contributed by atoms with Crippen molar-refractivity contribution in [3.8, 4) is 0 Å². The Bertz CT molecular complexity index is 764. The molecule has 0 radical (unpaired) electrons. The Morgan fingerprint density at radius 2 is 2.08 bits per heavy atom. The standard InChI is InChI=1S/C19H23IN2O3/c1-19(2,3)25-18(23)22-9-8-13-4-5-15(10-14(13)12-22)21-11-16-6-7-17(20)24-16/h4-7,10,21H,8-9,11-12H2,1-3H3. The van der Waals surface area contributed by atoms with Crippen LogP contribution in [0, 0.1) is 3.77 Å². The number of ether oxygens (including phenoxy) is 1. The molecule has 1 amide bonds. The van der Waals surface area contributed by atoms with E-state index < -0.39 is 5.60 Å². The largest absolute Gasteiger partial charge is 0.454 e. The van der Waals surface area contributed by atoms with Gasteiger partial charge in [-0.15, -0.1) is 0 Å². The summed E-state index contributed by atoms with van der Waals surface area (Å²) < 4.78 is 11.9. The van der Waals surface area contributed by atoms with Gasteiger partial charge in [-0.1, -0.05) is 6.07 Å². The van der Waals surface area contributed by atoms with Crippen LogP contribution in [-0.4, -0.2) is 23.1 Å². The summed E-state index contributed by atoms with van der Waals surface area (Å²) in [6.07, 6.45) is 0.604. The van der Waals surface area contributed by atoms with E-state index >= 15 is 0 Å². The predicted octanol–water partition coefficient (Wildman–Crippen LogP) is 4.79. The van der Waals surface area contributed by atoms with Crippen LogP contribution in [0.1, 0.15) is 37.7 Å². The van der Waals surface area contributed by atoms with E-state index in [4.69, 9.17) is 9.15 Å². The van der Waals surface area contributed by atoms with E-state index in [1.807, 2.05) is 32.9 Å². The second-order valence-corrected chi connectivity index (χ2v) is 8.26. The Morgan fingerprint density at radius 1 is 1.28 bits per heavy atom. The lowest BCUT2D eigenvalue weighted by molar-refractivity contribution is 0.0224. The lowest BCUT2D eigenvalue weighted by atomic mass is 9.99. The van der Waals surface area contributed by atoms with E-state index in [1.165, 1.54) is 5.56 Å². The van der Waals surface area contributed by atoms with Crippen LogP contribution in [0.2, 0.25) is 0 Å². The van der Waals surface area contributed by atoms with Crippen molar-refractivity contribution >= 4 is 34.4 Å². The number of rotatable bonds is 3. The Kier molecular flexibility index (Phi) is 5.27. The van der Waals surface area contributed by atoms with Gasteiger partial charge in [0.1, 0.15) is 11.4 Å². The molecule has 0 aliphatic carbocycles. The number of carbonyl (C=O) groups excluding carboxylic acids is 1. The van der Waals surface area contributed by atoms with Crippen molar-refractivity contribution < 1.29 is 13.9 Å². The van der Waals surface area contributed by atoms with Gasteiger partial charge in [0.25, 0.3) is 0 Å². The van der Waals surface area contributed by atoms with Crippen LogP contribution in [0.4, 0.5) is 10.5 Å². The molecule has 25 heavy (non-hydrogen) atoms. The van der Waals surface area contributed by atoms with Gasteiger partial charge in [-0.2, -0.15) is 0 Å². The predicted molar refractivity (Wildman–Crippen MR) is 106 cm³/mol. The molecule has 5 nitrogen and oxygen atoms in total. The average Bonchev–Trinajstić information content (AvgIpc) is 2.96. The summed E-state index contributed by atoms with van der Waals surface area (Å²) >= 11 is 2.16. The zero-order valence-electron chi connectivity index (χ0n) is 14.8. The number of benzene rings is 1. The minimum Gasteiger partial charge on any atom is -0.454 e. The fraction of sp³-hybridized carbons (Fsp3) is 0.421. The maximum Gasteiger partial charge on any atom is 0.410 e. The van der Waals surface area contributed by atoms with Gasteiger partial charge in [-0.05, 0) is 85.2 Å². The minimum atomic E-state index is -0.471. The molecule has 1 aromatic heterocycles. The van der Waals surface area contributed by atoms with Crippen molar-refractivity contribution in [2.24, 2.45) is 0 Å². The van der Waals surface area contributed by atoms with Crippen LogP contribution in [-0.2, 0) is 24.2 Å². The molecule has 1 aliphatic rings. The number of hydrogen-bond donors (Lipinski definition) is 1. The first-order valence-corrected chi connectivity index (χ1v) is 9.46. The summed E-state index contributed by atoms with van der Waals surface area (Å²) in [6, 6.07) is 10.2. The third-order valence-electron chi connectivity index (χ3n) is 3.97. The number of fused-ring (bicyclic) bond motifs is 1. The van der Waals surface area contributed by atoms with E-state index in [2.05, 4.69) is 46.1 Å². The van der Waals surface area contributed by atoms with Crippen molar-refractivity contribution in [1.82, 2.24) is 4.90 Å². The summed E-state index contributed by atoms with van der Waals surface area (Å²) in [5.41, 5.74) is 3.01. The second kappa shape index (κ2) is 7.27. The normalized spacial score (nSPS) is 14.2. The van der Waals surface area contributed by atoms with E-state index in [1.54, 1.807) is 4.90 Å². The number of amides is 1. The van der Waals surface area contributed by atoms with Gasteiger partial charge in [0.15, 0.2) is 3.77 Å². The summed E-state index contributed by atoms with van der Waals surface area (Å²) in [4.78, 5) is 14.1. The first-order chi connectivity index (χ1) is 11.8. The molecule has 134 valence electrons. The molecule has 0 unspecified atom stereocenters. The molecule has 1 aliphatic heterocycles. The molecule has 0 bridgehead atoms. The summed E-state index contributed by atoms with van der Waals surface area (Å²) in [5.74, 6) is 0.900. The van der Waals surface area contributed by atoms with Gasteiger partial charge in [0.05, 0.1) is 6.54 Å². The Balaban J connectivity index is 1.65. The van der Waals surface area contributed by atoms with E-state index in [0.717, 1.165) is 27.2 Å². The first-order valence-electron chi connectivity index (χ1n) is 8.38. The van der Waals surface area contributed by atoms with Crippen molar-refractivity contribution in [2.45, 2.75) is 45.9 Å². The first kappa shape index (κ1) is 18.1. The average molecular weight is 454 g/mol. The summed E-state index contributed by atoms with van der Waals surface area (Å²) in [7, 11) is 0. The fourth-order valence-corrected chi connectivity index (χ4v) is 3.25. The van der Waals surface area contributed by atoms with Crippen LogP contribution in [0.3, 0.4) is 0 Å². The zero-order valence-corrected chi connectivity index (χ0v) is 16.9. The van der Waals surface area contributed by atoms with Crippen LogP contribution in [0.25, 0.3) is 0 Å². The molecule has 0 saturated heterocycles. The van der Waals surface area contributed by atoms with Gasteiger partial charge >= 0.3 is 6.09 Å². The number of nitrogens with one attached hydrogen (secondary N) is 1. The molecular formula is C19H23IN2O3. The second-order valence-electron chi connectivity index (χ2n) is 7.19. The van der Waals surface area contributed by atoms with Gasteiger partial charge in [0, 0.05) is 18.8 Å². The topological polar surface area (TPSA) is 54.7 Å². The van der Waals surface area contributed by atoms with Gasteiger partial charge in [0.2, 0.25) is 0 Å². The van der Waals surface area contributed by atoms with Crippen molar-refractivity contribution in [3.63, 3.8) is 0 Å². The fourth-order valence-electron chi connectivity index (χ4n) is 2.79. The maximum absolute atomic E-state index is 12.3. The van der Waals surface area contributed by atoms with Crippen molar-refractivity contribution in [2.75, 3.05) is 11.9 Å². The highest BCUT2D eigenvalue weighted by molar-refractivity contribution is 14.1. The zero-order chi connectivity index (χ0) is 18.0. The number of halogens is 1. The SMILES string of the molecule is CC(C)(C)OC(=O)N1CCc2ccc(NCc3ccc(I)o3)cc2C1. The molecule has 3 rings (SSSR count). The van der Waals surface area contributed by atoms with Gasteiger partial charge in [-0.25, -0.2) is 4.79 Å². The monoisotopic (exact) mass is 454 g/mol. The highest BCUT2D eigenvalue weighted by Crippen LogP contribution is 2.24. The van der Waals surface area contributed by atoms with E-state index in [9.17, 15) is 4.79 Å². The molecule has 1 aromatic carbocycles. The van der Waals surface area contributed by atoms with Gasteiger partial charge < -0.3 is 19.4 Å². The molecule has 2 heterocycles. The van der Waals surface area contributed by atoms with Crippen LogP contribution in [0.5, 0.6) is 0 Å². The molecule has 0 spiro atoms. The van der Waals surface area contributed by atoms with E-state index in [-0.39, 0.29) is 6.09 Å². The highest BCUT2D eigenvalue weighted by Gasteiger charge is 2.25. The molecule has 0 saturated carbocycles. The molecular weight excluding hydrogens is 431 g/mol. The molecule has 6 heteroatoms. The maximum atomic E-state index is 12.3. The smallest absolute Gasteiger partial charge is 0.410 e. The third-order valence-corrected chi connectivity index (χ3v) is 4.55. The quantitative estimate of drug-likeness (QED) is 0.678. The van der Waals surface area contributed by atoms with Crippen LogP contribution < -0.4 is 5.32 Å². The minimum absolute atomic E-state index is 0.248. The number of nitrogens with zero attached hydrogens (tertiary/aromatic N) is 1. The highest BCUT2D eigenvalue weighted by atomic mass is 127. The number of anilines is 1. The number of carbonyl (C=O) groups is 1. The Hall–Kier alpha value is -1.70. The molecule has 1 N–H and O–H groups in total. The number of furan rings is 1. The lowest BCUT2D eigenvalue weighted by Gasteiger charge is -2.31. The molecule has 0 atom stereocenters. The Labute approximate surface area is 161 Å². The van der Waals surface area contributed by atoms with Crippen LogP contribution in [0.15, 0.2) is 34.7 Å². The van der Waals surface area contributed by atoms with E-state index in [0.29, 0.717) is 19.6 Å². The lowest BCUT2D eigenvalue weighted by Crippen LogP contribution is -2.39. The van der Waals surface area contributed by atoms with Gasteiger partial charge in [-0.3, -0.25) is 0 Å². The molecule has 2 aromatic rings. The number of hydrogen-bond acceptors (Lipinski definition) is 4. The van der Waals surface area contributed by atoms with Crippen molar-refractivity contribution in [1.29, 1.82) is 0 Å². The van der Waals surface area contributed by atoms with Crippen molar-refractivity contribution in [3.05, 3.63) is 51.0 Å². The summed E-state index contributed by atoms with van der Waals surface area (Å²) in [6.45, 7) is 7.58. The third kappa shape index (κ3) is 4.90. The summed E-state index contributed by atoms with van der Waals surface area (Å²) in [5, 5.41) is 3.37.